The first kappa shape index (κ1) is 16.0. The maximum atomic E-state index is 5.89. The van der Waals surface area contributed by atoms with Crippen LogP contribution in [0.1, 0.15) is 0 Å². The highest BCUT2D eigenvalue weighted by atomic mass is 35.5. The smallest absolute Gasteiger partial charge is 0.206 e. The van der Waals surface area contributed by atoms with Crippen LogP contribution in [0.5, 0.6) is 0 Å². The van der Waals surface area contributed by atoms with Gasteiger partial charge in [-0.1, -0.05) is 11.6 Å². The summed E-state index contributed by atoms with van der Waals surface area (Å²) >= 11 is 5.89. The van der Waals surface area contributed by atoms with Gasteiger partial charge in [-0.15, -0.1) is 10.2 Å². The Morgan fingerprint density at radius 3 is 2.60 bits per heavy atom. The zero-order chi connectivity index (χ0) is 17.1. The number of pyridine rings is 1. The van der Waals surface area contributed by atoms with E-state index in [1.54, 1.807) is 12.4 Å². The van der Waals surface area contributed by atoms with Crippen LogP contribution in [-0.2, 0) is 6.54 Å². The Balaban J connectivity index is 1.29. The van der Waals surface area contributed by atoms with E-state index in [2.05, 4.69) is 40.5 Å². The molecular formula is C15H18ClN9. The van der Waals surface area contributed by atoms with Crippen molar-refractivity contribution in [3.8, 4) is 11.4 Å². The lowest BCUT2D eigenvalue weighted by atomic mass is 10.2. The van der Waals surface area contributed by atoms with Crippen LogP contribution in [0.4, 0.5) is 5.82 Å². The van der Waals surface area contributed by atoms with Gasteiger partial charge in [0.25, 0.3) is 0 Å². The van der Waals surface area contributed by atoms with Crippen molar-refractivity contribution in [2.45, 2.75) is 6.54 Å². The molecule has 1 aliphatic heterocycles. The van der Waals surface area contributed by atoms with Gasteiger partial charge < -0.3 is 4.90 Å². The van der Waals surface area contributed by atoms with Crippen molar-refractivity contribution in [3.63, 3.8) is 0 Å². The molecule has 0 atom stereocenters. The molecule has 0 spiro atoms. The summed E-state index contributed by atoms with van der Waals surface area (Å²) in [4.78, 5) is 9.26. The second-order valence-corrected chi connectivity index (χ2v) is 6.33. The summed E-state index contributed by atoms with van der Waals surface area (Å²) in [7, 11) is 0. The average molecular weight is 360 g/mol. The molecule has 25 heavy (non-hydrogen) atoms. The molecule has 0 amide bonds. The number of piperazine rings is 1. The zero-order valence-corrected chi connectivity index (χ0v) is 14.3. The second kappa shape index (κ2) is 7.16. The lowest BCUT2D eigenvalue weighted by Gasteiger charge is -2.35. The molecule has 1 saturated heterocycles. The number of nitrogens with zero attached hydrogens (tertiary/aromatic N) is 8. The van der Waals surface area contributed by atoms with Crippen molar-refractivity contribution in [2.24, 2.45) is 0 Å². The highest BCUT2D eigenvalue weighted by Gasteiger charge is 2.18. The predicted octanol–water partition coefficient (Wildman–Crippen LogP) is 0.934. The van der Waals surface area contributed by atoms with Crippen LogP contribution in [-0.4, -0.2) is 73.0 Å². The van der Waals surface area contributed by atoms with Crippen LogP contribution in [0.2, 0.25) is 5.02 Å². The first-order chi connectivity index (χ1) is 12.3. The standard InChI is InChI=1S/C15H18ClN9/c16-13-10-18-25(11-13)8-5-23-3-6-24(7-4-23)14-2-1-12(9-17-14)15-19-21-22-20-15/h1-2,9-11H,3-8H2,(H,19,20,21,22). The van der Waals surface area contributed by atoms with Gasteiger partial charge in [-0.05, 0) is 17.3 Å². The summed E-state index contributed by atoms with van der Waals surface area (Å²) in [6.07, 6.45) is 5.31. The molecule has 0 radical (unpaired) electrons. The van der Waals surface area contributed by atoms with Gasteiger partial charge in [0.1, 0.15) is 5.82 Å². The van der Waals surface area contributed by atoms with Gasteiger partial charge in [0.15, 0.2) is 0 Å². The number of anilines is 1. The maximum absolute atomic E-state index is 5.89. The molecule has 0 unspecified atom stereocenters. The molecular weight excluding hydrogens is 342 g/mol. The van der Waals surface area contributed by atoms with E-state index in [-0.39, 0.29) is 0 Å². The second-order valence-electron chi connectivity index (χ2n) is 5.89. The topological polar surface area (TPSA) is 91.7 Å². The lowest BCUT2D eigenvalue weighted by molar-refractivity contribution is 0.244. The number of hydrogen-bond acceptors (Lipinski definition) is 7. The molecule has 10 heteroatoms. The van der Waals surface area contributed by atoms with Crippen LogP contribution in [0.15, 0.2) is 30.7 Å². The summed E-state index contributed by atoms with van der Waals surface area (Å²) in [5, 5.41) is 18.8. The average Bonchev–Trinajstić information content (AvgIpc) is 3.32. The quantitative estimate of drug-likeness (QED) is 0.724. The summed E-state index contributed by atoms with van der Waals surface area (Å²) in [5.74, 6) is 1.54. The van der Waals surface area contributed by atoms with Gasteiger partial charge in [-0.2, -0.15) is 10.3 Å². The van der Waals surface area contributed by atoms with Crippen LogP contribution in [0.25, 0.3) is 11.4 Å². The van der Waals surface area contributed by atoms with Crippen molar-refractivity contribution in [1.29, 1.82) is 0 Å². The Labute approximate surface area is 149 Å². The predicted molar refractivity (Wildman–Crippen MR) is 93.3 cm³/mol. The monoisotopic (exact) mass is 359 g/mol. The third-order valence-electron chi connectivity index (χ3n) is 4.29. The number of hydrogen-bond donors (Lipinski definition) is 1. The number of halogens is 1. The van der Waals surface area contributed by atoms with E-state index in [0.29, 0.717) is 10.8 Å². The fraction of sp³-hybridized carbons (Fsp3) is 0.400. The molecule has 1 fully saturated rings. The Kier molecular flexibility index (Phi) is 4.57. The number of nitrogens with one attached hydrogen (secondary N) is 1. The van der Waals surface area contributed by atoms with Gasteiger partial charge in [0.05, 0.1) is 17.8 Å². The SMILES string of the molecule is Clc1cnn(CCN2CCN(c3ccc(-c4nn[nH]n4)cn3)CC2)c1. The molecule has 1 aliphatic rings. The zero-order valence-electron chi connectivity index (χ0n) is 13.6. The van der Waals surface area contributed by atoms with Crippen molar-refractivity contribution >= 4 is 17.4 Å². The minimum Gasteiger partial charge on any atom is -0.354 e. The third-order valence-corrected chi connectivity index (χ3v) is 4.49. The molecule has 4 rings (SSSR count). The minimum atomic E-state index is 0.558. The fourth-order valence-electron chi connectivity index (χ4n) is 2.89. The number of aromatic amines is 1. The third kappa shape index (κ3) is 3.77. The Bertz CT molecular complexity index is 791. The normalized spacial score (nSPS) is 15.6. The molecule has 130 valence electrons. The van der Waals surface area contributed by atoms with E-state index in [1.165, 1.54) is 0 Å². The van der Waals surface area contributed by atoms with Crippen molar-refractivity contribution in [1.82, 2.24) is 40.3 Å². The van der Waals surface area contributed by atoms with Crippen LogP contribution >= 0.6 is 11.6 Å². The summed E-state index contributed by atoms with van der Waals surface area (Å²) in [5.41, 5.74) is 0.856. The first-order valence-electron chi connectivity index (χ1n) is 8.13. The molecule has 0 aliphatic carbocycles. The molecule has 9 nitrogen and oxygen atoms in total. The number of aromatic nitrogens is 7. The van der Waals surface area contributed by atoms with Crippen molar-refractivity contribution in [2.75, 3.05) is 37.6 Å². The highest BCUT2D eigenvalue weighted by molar-refractivity contribution is 6.30. The number of rotatable bonds is 5. The summed E-state index contributed by atoms with van der Waals surface area (Å²) in [6.45, 7) is 5.73. The van der Waals surface area contributed by atoms with Gasteiger partial charge in [0.2, 0.25) is 5.82 Å². The highest BCUT2D eigenvalue weighted by Crippen LogP contribution is 2.18. The van der Waals surface area contributed by atoms with E-state index in [9.17, 15) is 0 Å². The van der Waals surface area contributed by atoms with Gasteiger partial charge in [-0.25, -0.2) is 4.98 Å². The van der Waals surface area contributed by atoms with Gasteiger partial charge >= 0.3 is 0 Å². The van der Waals surface area contributed by atoms with Crippen LogP contribution in [0.3, 0.4) is 0 Å². The molecule has 4 heterocycles. The summed E-state index contributed by atoms with van der Waals surface area (Å²) in [6, 6.07) is 3.98. The molecule has 3 aromatic rings. The van der Waals surface area contributed by atoms with Crippen molar-refractivity contribution in [3.05, 3.63) is 35.7 Å². The van der Waals surface area contributed by atoms with Crippen LogP contribution < -0.4 is 4.90 Å². The molecule has 0 aromatic carbocycles. The molecule has 1 N–H and O–H groups in total. The number of H-pyrrole nitrogens is 1. The maximum Gasteiger partial charge on any atom is 0.206 e. The van der Waals surface area contributed by atoms with E-state index in [1.807, 2.05) is 23.0 Å². The fourth-order valence-corrected chi connectivity index (χ4v) is 3.05. The van der Waals surface area contributed by atoms with Crippen LogP contribution in [0, 0.1) is 0 Å². The number of tetrazole rings is 1. The largest absolute Gasteiger partial charge is 0.354 e. The van der Waals surface area contributed by atoms with E-state index in [4.69, 9.17) is 11.6 Å². The minimum absolute atomic E-state index is 0.558. The van der Waals surface area contributed by atoms with E-state index >= 15 is 0 Å². The Morgan fingerprint density at radius 2 is 1.96 bits per heavy atom. The van der Waals surface area contributed by atoms with E-state index in [0.717, 1.165) is 50.6 Å². The van der Waals surface area contributed by atoms with Gasteiger partial charge in [0, 0.05) is 50.7 Å². The van der Waals surface area contributed by atoms with E-state index < -0.39 is 0 Å². The molecule has 3 aromatic heterocycles. The van der Waals surface area contributed by atoms with Gasteiger partial charge in [-0.3, -0.25) is 9.58 Å². The Morgan fingerprint density at radius 1 is 1.08 bits per heavy atom. The van der Waals surface area contributed by atoms with Crippen molar-refractivity contribution < 1.29 is 0 Å². The molecule has 0 bridgehead atoms. The lowest BCUT2D eigenvalue weighted by Crippen LogP contribution is -2.47. The first-order valence-corrected chi connectivity index (χ1v) is 8.51. The Hall–Kier alpha value is -2.52. The molecule has 0 saturated carbocycles. The summed E-state index contributed by atoms with van der Waals surface area (Å²) < 4.78 is 1.88.